The molecule has 0 aromatic heterocycles. The van der Waals surface area contributed by atoms with Gasteiger partial charge in [-0.2, -0.15) is 0 Å². The van der Waals surface area contributed by atoms with Crippen molar-refractivity contribution in [2.45, 2.75) is 19.4 Å². The summed E-state index contributed by atoms with van der Waals surface area (Å²) in [5.74, 6) is 0.302. The van der Waals surface area contributed by atoms with Crippen molar-refractivity contribution in [3.63, 3.8) is 0 Å². The number of hydrogen-bond acceptors (Lipinski definition) is 4. The molecule has 1 aromatic carbocycles. The minimum absolute atomic E-state index is 0.0462. The van der Waals surface area contributed by atoms with E-state index in [0.717, 1.165) is 44.8 Å². The van der Waals surface area contributed by atoms with E-state index in [1.165, 1.54) is 0 Å². The van der Waals surface area contributed by atoms with Crippen LogP contribution >= 0.6 is 0 Å². The van der Waals surface area contributed by atoms with Gasteiger partial charge in [-0.05, 0) is 25.1 Å². The van der Waals surface area contributed by atoms with Crippen molar-refractivity contribution in [1.82, 2.24) is 15.1 Å². The van der Waals surface area contributed by atoms with Crippen molar-refractivity contribution in [3.8, 4) is 5.75 Å². The third-order valence-electron chi connectivity index (χ3n) is 4.84. The van der Waals surface area contributed by atoms with E-state index in [1.807, 2.05) is 23.1 Å². The standard InChI is InChI=1S/C17H26N4O2/c1-2-19-8-7-14(13-19)18-17(23)21-11-9-20(10-12-21)15-5-3-4-6-16(15)22/h3-6,14,22H,2,7-13H2,1H3,(H,18,23)/t14-/m1/s1. The van der Waals surface area contributed by atoms with Gasteiger partial charge in [0, 0.05) is 45.3 Å². The average Bonchev–Trinajstić information content (AvgIpc) is 3.03. The Labute approximate surface area is 137 Å². The molecule has 2 saturated heterocycles. The van der Waals surface area contributed by atoms with E-state index < -0.39 is 0 Å². The maximum Gasteiger partial charge on any atom is 0.317 e. The van der Waals surface area contributed by atoms with Crippen molar-refractivity contribution < 1.29 is 9.90 Å². The predicted octanol–water partition coefficient (Wildman–Crippen LogP) is 1.32. The number of anilines is 1. The van der Waals surface area contributed by atoms with Crippen LogP contribution in [0, 0.1) is 0 Å². The lowest BCUT2D eigenvalue weighted by Crippen LogP contribution is -2.53. The second-order valence-corrected chi connectivity index (χ2v) is 6.29. The predicted molar refractivity (Wildman–Crippen MR) is 90.9 cm³/mol. The molecule has 23 heavy (non-hydrogen) atoms. The van der Waals surface area contributed by atoms with Crippen LogP contribution in [0.3, 0.4) is 0 Å². The molecular formula is C17H26N4O2. The minimum Gasteiger partial charge on any atom is -0.506 e. The molecule has 1 aromatic rings. The van der Waals surface area contributed by atoms with E-state index in [1.54, 1.807) is 6.07 Å². The largest absolute Gasteiger partial charge is 0.506 e. The highest BCUT2D eigenvalue weighted by atomic mass is 16.3. The highest BCUT2D eigenvalue weighted by molar-refractivity contribution is 5.75. The molecule has 2 aliphatic rings. The topological polar surface area (TPSA) is 59.1 Å². The molecule has 0 bridgehead atoms. The number of nitrogens with one attached hydrogen (secondary N) is 1. The van der Waals surface area contributed by atoms with Crippen LogP contribution in [0.2, 0.25) is 0 Å². The monoisotopic (exact) mass is 318 g/mol. The normalized spacial score (nSPS) is 22.4. The number of phenolic OH excluding ortho intramolecular Hbond substituents is 1. The van der Waals surface area contributed by atoms with E-state index >= 15 is 0 Å². The van der Waals surface area contributed by atoms with E-state index in [9.17, 15) is 9.90 Å². The Morgan fingerprint density at radius 3 is 2.61 bits per heavy atom. The van der Waals surface area contributed by atoms with Crippen LogP contribution in [0.1, 0.15) is 13.3 Å². The first-order valence-electron chi connectivity index (χ1n) is 8.48. The van der Waals surface area contributed by atoms with Gasteiger partial charge in [-0.15, -0.1) is 0 Å². The molecule has 2 amide bonds. The number of rotatable bonds is 3. The number of phenols is 1. The Morgan fingerprint density at radius 2 is 1.96 bits per heavy atom. The second-order valence-electron chi connectivity index (χ2n) is 6.29. The van der Waals surface area contributed by atoms with Crippen LogP contribution in [0.15, 0.2) is 24.3 Å². The average molecular weight is 318 g/mol. The molecule has 126 valence electrons. The van der Waals surface area contributed by atoms with Crippen LogP contribution in [-0.2, 0) is 0 Å². The van der Waals surface area contributed by atoms with Gasteiger partial charge < -0.3 is 25.1 Å². The Kier molecular flexibility index (Phi) is 4.91. The Morgan fingerprint density at radius 1 is 1.22 bits per heavy atom. The number of hydrogen-bond donors (Lipinski definition) is 2. The smallest absolute Gasteiger partial charge is 0.317 e. The van der Waals surface area contributed by atoms with E-state index in [-0.39, 0.29) is 12.1 Å². The number of carbonyl (C=O) groups excluding carboxylic acids is 1. The molecule has 3 rings (SSSR count). The van der Waals surface area contributed by atoms with Crippen molar-refractivity contribution >= 4 is 11.7 Å². The number of para-hydroxylation sites is 2. The fourth-order valence-electron chi connectivity index (χ4n) is 3.39. The summed E-state index contributed by atoms with van der Waals surface area (Å²) >= 11 is 0. The highest BCUT2D eigenvalue weighted by Gasteiger charge is 2.27. The van der Waals surface area contributed by atoms with Gasteiger partial charge in [0.25, 0.3) is 0 Å². The molecule has 6 nitrogen and oxygen atoms in total. The van der Waals surface area contributed by atoms with Crippen molar-refractivity contribution in [2.75, 3.05) is 50.7 Å². The lowest BCUT2D eigenvalue weighted by molar-refractivity contribution is 0.190. The summed E-state index contributed by atoms with van der Waals surface area (Å²) in [5, 5.41) is 13.1. The number of likely N-dealkylation sites (N-methyl/N-ethyl adjacent to an activating group) is 1. The molecule has 2 fully saturated rings. The molecule has 0 aliphatic carbocycles. The number of urea groups is 1. The van der Waals surface area contributed by atoms with E-state index in [0.29, 0.717) is 18.8 Å². The van der Waals surface area contributed by atoms with Crippen molar-refractivity contribution in [2.24, 2.45) is 0 Å². The maximum atomic E-state index is 12.4. The number of carbonyl (C=O) groups is 1. The fraction of sp³-hybridized carbons (Fsp3) is 0.588. The molecule has 0 spiro atoms. The number of aromatic hydroxyl groups is 1. The summed E-state index contributed by atoms with van der Waals surface area (Å²) in [6, 6.07) is 7.69. The zero-order valence-corrected chi connectivity index (χ0v) is 13.7. The molecule has 1 atom stereocenters. The quantitative estimate of drug-likeness (QED) is 0.882. The number of nitrogens with zero attached hydrogens (tertiary/aromatic N) is 3. The van der Waals surface area contributed by atoms with Crippen molar-refractivity contribution in [1.29, 1.82) is 0 Å². The minimum atomic E-state index is 0.0462. The summed E-state index contributed by atoms with van der Waals surface area (Å²) in [5.41, 5.74) is 0.849. The summed E-state index contributed by atoms with van der Waals surface area (Å²) < 4.78 is 0. The van der Waals surface area contributed by atoms with Gasteiger partial charge in [-0.3, -0.25) is 0 Å². The third kappa shape index (κ3) is 3.69. The van der Waals surface area contributed by atoms with Crippen LogP contribution in [0.4, 0.5) is 10.5 Å². The number of likely N-dealkylation sites (tertiary alicyclic amines) is 1. The zero-order chi connectivity index (χ0) is 16.2. The SMILES string of the molecule is CCN1CC[C@@H](NC(=O)N2CCN(c3ccccc3O)CC2)C1. The Hall–Kier alpha value is -1.95. The van der Waals surface area contributed by atoms with Crippen LogP contribution in [0.5, 0.6) is 5.75 Å². The van der Waals surface area contributed by atoms with Gasteiger partial charge in [0.15, 0.2) is 0 Å². The first-order chi connectivity index (χ1) is 11.2. The van der Waals surface area contributed by atoms with Crippen molar-refractivity contribution in [3.05, 3.63) is 24.3 Å². The van der Waals surface area contributed by atoms with Gasteiger partial charge in [-0.25, -0.2) is 4.79 Å². The van der Waals surface area contributed by atoms with Gasteiger partial charge in [0.1, 0.15) is 5.75 Å². The Bertz CT molecular complexity index is 543. The first-order valence-corrected chi connectivity index (χ1v) is 8.48. The lowest BCUT2D eigenvalue weighted by atomic mass is 10.2. The summed E-state index contributed by atoms with van der Waals surface area (Å²) in [6.45, 7) is 8.10. The van der Waals surface area contributed by atoms with Gasteiger partial charge in [0.2, 0.25) is 0 Å². The van der Waals surface area contributed by atoms with Crippen LogP contribution < -0.4 is 10.2 Å². The first kappa shape index (κ1) is 15.9. The molecule has 2 aliphatic heterocycles. The molecule has 0 saturated carbocycles. The van der Waals surface area contributed by atoms with Crippen LogP contribution in [0.25, 0.3) is 0 Å². The molecule has 2 N–H and O–H groups in total. The second kappa shape index (κ2) is 7.08. The molecule has 2 heterocycles. The lowest BCUT2D eigenvalue weighted by Gasteiger charge is -2.36. The molecular weight excluding hydrogens is 292 g/mol. The fourth-order valence-corrected chi connectivity index (χ4v) is 3.39. The summed E-state index contributed by atoms with van der Waals surface area (Å²) in [6.07, 6.45) is 1.04. The zero-order valence-electron chi connectivity index (χ0n) is 13.7. The summed E-state index contributed by atoms with van der Waals surface area (Å²) in [4.78, 5) is 18.8. The maximum absolute atomic E-state index is 12.4. The summed E-state index contributed by atoms with van der Waals surface area (Å²) in [7, 11) is 0. The van der Waals surface area contributed by atoms with E-state index in [2.05, 4.69) is 22.0 Å². The number of amides is 2. The van der Waals surface area contributed by atoms with Gasteiger partial charge in [0.05, 0.1) is 5.69 Å². The highest BCUT2D eigenvalue weighted by Crippen LogP contribution is 2.27. The molecule has 6 heteroatoms. The third-order valence-corrected chi connectivity index (χ3v) is 4.84. The van der Waals surface area contributed by atoms with E-state index in [4.69, 9.17) is 0 Å². The Balaban J connectivity index is 1.49. The van der Waals surface area contributed by atoms with Gasteiger partial charge >= 0.3 is 6.03 Å². The van der Waals surface area contributed by atoms with Crippen LogP contribution in [-0.4, -0.2) is 72.8 Å². The number of benzene rings is 1. The van der Waals surface area contributed by atoms with Gasteiger partial charge in [-0.1, -0.05) is 19.1 Å². The molecule has 0 unspecified atom stereocenters. The number of piperazine rings is 1. The molecule has 0 radical (unpaired) electrons.